The van der Waals surface area contributed by atoms with E-state index in [1.165, 1.54) is 21.1 Å². The fourth-order valence-electron chi connectivity index (χ4n) is 1.37. The quantitative estimate of drug-likeness (QED) is 0.415. The zero-order chi connectivity index (χ0) is 14.2. The molecule has 0 aromatic carbocycles. The Labute approximate surface area is 109 Å². The van der Waals surface area contributed by atoms with Gasteiger partial charge in [-0.3, -0.25) is 9.59 Å². The van der Waals surface area contributed by atoms with Crippen LogP contribution in [-0.4, -0.2) is 26.2 Å². The van der Waals surface area contributed by atoms with Gasteiger partial charge in [0, 0.05) is 0 Å². The van der Waals surface area contributed by atoms with Crippen LogP contribution >= 0.6 is 0 Å². The predicted octanol–water partition coefficient (Wildman–Crippen LogP) is 2.50. The van der Waals surface area contributed by atoms with Crippen LogP contribution in [0.1, 0.15) is 27.2 Å². The lowest BCUT2D eigenvalue weighted by Gasteiger charge is -2.21. The minimum atomic E-state index is -1.29. The molecule has 0 aliphatic carbocycles. The van der Waals surface area contributed by atoms with Gasteiger partial charge >= 0.3 is 11.9 Å². The molecular formula is C14H22O4. The van der Waals surface area contributed by atoms with Crippen LogP contribution in [0.2, 0.25) is 0 Å². The van der Waals surface area contributed by atoms with Crippen molar-refractivity contribution < 1.29 is 19.1 Å². The van der Waals surface area contributed by atoms with Crippen molar-refractivity contribution in [1.82, 2.24) is 0 Å². The number of carbonyl (C=O) groups is 2. The molecule has 0 radical (unpaired) electrons. The SMILES string of the molecule is COC(=O)C(C)(C/C=C/C=C/C(C)C)C(=O)OC. The molecule has 0 aliphatic heterocycles. The zero-order valence-corrected chi connectivity index (χ0v) is 11.7. The minimum Gasteiger partial charge on any atom is -0.468 e. The molecule has 0 aromatic heterocycles. The molecule has 0 N–H and O–H groups in total. The number of rotatable bonds is 6. The average molecular weight is 254 g/mol. The van der Waals surface area contributed by atoms with Crippen molar-refractivity contribution in [3.8, 4) is 0 Å². The molecule has 0 fully saturated rings. The van der Waals surface area contributed by atoms with E-state index >= 15 is 0 Å². The maximum atomic E-state index is 11.6. The summed E-state index contributed by atoms with van der Waals surface area (Å²) in [5.41, 5.74) is -1.29. The van der Waals surface area contributed by atoms with E-state index < -0.39 is 17.4 Å². The molecule has 0 atom stereocenters. The van der Waals surface area contributed by atoms with Gasteiger partial charge in [0.1, 0.15) is 0 Å². The van der Waals surface area contributed by atoms with Crippen molar-refractivity contribution in [2.45, 2.75) is 27.2 Å². The van der Waals surface area contributed by atoms with E-state index in [1.54, 1.807) is 6.08 Å². The Morgan fingerprint density at radius 1 is 1.11 bits per heavy atom. The van der Waals surface area contributed by atoms with Crippen molar-refractivity contribution in [1.29, 1.82) is 0 Å². The number of allylic oxidation sites excluding steroid dienone is 4. The van der Waals surface area contributed by atoms with Gasteiger partial charge in [-0.2, -0.15) is 0 Å². The third kappa shape index (κ3) is 4.73. The van der Waals surface area contributed by atoms with Gasteiger partial charge < -0.3 is 9.47 Å². The maximum Gasteiger partial charge on any atom is 0.323 e. The summed E-state index contributed by atoms with van der Waals surface area (Å²) < 4.78 is 9.28. The number of methoxy groups -OCH3 is 2. The van der Waals surface area contributed by atoms with Gasteiger partial charge in [-0.1, -0.05) is 38.2 Å². The van der Waals surface area contributed by atoms with Crippen LogP contribution in [0.5, 0.6) is 0 Å². The molecule has 18 heavy (non-hydrogen) atoms. The Hall–Kier alpha value is -1.58. The Balaban J connectivity index is 4.72. The molecule has 0 aliphatic rings. The molecule has 102 valence electrons. The molecule has 0 rings (SSSR count). The van der Waals surface area contributed by atoms with Gasteiger partial charge in [0.05, 0.1) is 14.2 Å². The standard InChI is InChI=1S/C14H22O4/c1-11(2)9-7-6-8-10-14(3,12(15)17-4)13(16)18-5/h6-9,11H,10H2,1-5H3/b8-6+,9-7+. The van der Waals surface area contributed by atoms with E-state index in [9.17, 15) is 9.59 Å². The highest BCUT2D eigenvalue weighted by Crippen LogP contribution is 2.25. The molecule has 0 saturated heterocycles. The first-order valence-electron chi connectivity index (χ1n) is 5.88. The first-order chi connectivity index (χ1) is 8.38. The van der Waals surface area contributed by atoms with Crippen LogP contribution in [0.4, 0.5) is 0 Å². The van der Waals surface area contributed by atoms with Gasteiger partial charge in [0.15, 0.2) is 5.41 Å². The highest BCUT2D eigenvalue weighted by molar-refractivity contribution is 5.99. The van der Waals surface area contributed by atoms with Crippen molar-refractivity contribution in [2.24, 2.45) is 11.3 Å². The lowest BCUT2D eigenvalue weighted by atomic mass is 9.86. The first kappa shape index (κ1) is 16.4. The number of hydrogen-bond acceptors (Lipinski definition) is 4. The van der Waals surface area contributed by atoms with Crippen LogP contribution in [-0.2, 0) is 19.1 Å². The van der Waals surface area contributed by atoms with Crippen molar-refractivity contribution in [3.05, 3.63) is 24.3 Å². The second-order valence-electron chi connectivity index (χ2n) is 4.58. The summed E-state index contributed by atoms with van der Waals surface area (Å²) in [6.07, 6.45) is 7.72. The van der Waals surface area contributed by atoms with Gasteiger partial charge in [-0.05, 0) is 19.3 Å². The maximum absolute atomic E-state index is 11.6. The molecule has 0 unspecified atom stereocenters. The van der Waals surface area contributed by atoms with Gasteiger partial charge in [-0.25, -0.2) is 0 Å². The van der Waals surface area contributed by atoms with Crippen LogP contribution in [0.3, 0.4) is 0 Å². The lowest BCUT2D eigenvalue weighted by Crippen LogP contribution is -2.38. The van der Waals surface area contributed by atoms with Crippen molar-refractivity contribution in [2.75, 3.05) is 14.2 Å². The summed E-state index contributed by atoms with van der Waals surface area (Å²) >= 11 is 0. The van der Waals surface area contributed by atoms with Gasteiger partial charge in [0.2, 0.25) is 0 Å². The van der Waals surface area contributed by atoms with Crippen LogP contribution < -0.4 is 0 Å². The highest BCUT2D eigenvalue weighted by atomic mass is 16.5. The van der Waals surface area contributed by atoms with E-state index in [-0.39, 0.29) is 6.42 Å². The van der Waals surface area contributed by atoms with Crippen LogP contribution in [0.15, 0.2) is 24.3 Å². The number of carbonyl (C=O) groups excluding carboxylic acids is 2. The van der Waals surface area contributed by atoms with E-state index in [0.29, 0.717) is 5.92 Å². The van der Waals surface area contributed by atoms with Gasteiger partial charge in [0.25, 0.3) is 0 Å². The molecule has 0 bridgehead atoms. The van der Waals surface area contributed by atoms with E-state index in [2.05, 4.69) is 23.3 Å². The molecule has 0 spiro atoms. The molecule has 0 aromatic rings. The molecule has 4 heteroatoms. The van der Waals surface area contributed by atoms with Crippen LogP contribution in [0, 0.1) is 11.3 Å². The summed E-state index contributed by atoms with van der Waals surface area (Å²) in [6.45, 7) is 5.65. The fourth-order valence-corrected chi connectivity index (χ4v) is 1.37. The zero-order valence-electron chi connectivity index (χ0n) is 11.7. The summed E-state index contributed by atoms with van der Waals surface area (Å²) in [7, 11) is 2.51. The number of hydrogen-bond donors (Lipinski definition) is 0. The largest absolute Gasteiger partial charge is 0.468 e. The minimum absolute atomic E-state index is 0.245. The lowest BCUT2D eigenvalue weighted by molar-refractivity contribution is -0.167. The smallest absolute Gasteiger partial charge is 0.323 e. The van der Waals surface area contributed by atoms with Crippen molar-refractivity contribution >= 4 is 11.9 Å². The molecular weight excluding hydrogens is 232 g/mol. The Morgan fingerprint density at radius 3 is 2.00 bits per heavy atom. The summed E-state index contributed by atoms with van der Waals surface area (Å²) in [4.78, 5) is 23.3. The summed E-state index contributed by atoms with van der Waals surface area (Å²) in [6, 6.07) is 0. The second kappa shape index (κ2) is 7.69. The fraction of sp³-hybridized carbons (Fsp3) is 0.571. The van der Waals surface area contributed by atoms with Crippen molar-refractivity contribution in [3.63, 3.8) is 0 Å². The average Bonchev–Trinajstić information content (AvgIpc) is 2.35. The second-order valence-corrected chi connectivity index (χ2v) is 4.58. The molecule has 4 nitrogen and oxygen atoms in total. The van der Waals surface area contributed by atoms with Crippen LogP contribution in [0.25, 0.3) is 0 Å². The Morgan fingerprint density at radius 2 is 1.61 bits per heavy atom. The highest BCUT2D eigenvalue weighted by Gasteiger charge is 2.42. The monoisotopic (exact) mass is 254 g/mol. The Bertz CT molecular complexity index is 324. The van der Waals surface area contributed by atoms with E-state index in [4.69, 9.17) is 0 Å². The number of esters is 2. The summed E-state index contributed by atoms with van der Waals surface area (Å²) in [5, 5.41) is 0. The predicted molar refractivity (Wildman–Crippen MR) is 69.9 cm³/mol. The Kier molecular flexibility index (Phi) is 7.01. The van der Waals surface area contributed by atoms with Gasteiger partial charge in [-0.15, -0.1) is 0 Å². The van der Waals surface area contributed by atoms with E-state index in [1.807, 2.05) is 18.2 Å². The third-order valence-electron chi connectivity index (χ3n) is 2.54. The molecule has 0 heterocycles. The number of ether oxygens (including phenoxy) is 2. The van der Waals surface area contributed by atoms with E-state index in [0.717, 1.165) is 0 Å². The first-order valence-corrected chi connectivity index (χ1v) is 5.88. The topological polar surface area (TPSA) is 52.6 Å². The summed E-state index contributed by atoms with van der Waals surface area (Å²) in [5.74, 6) is -0.721. The normalized spacial score (nSPS) is 12.3. The molecule has 0 amide bonds. The third-order valence-corrected chi connectivity index (χ3v) is 2.54. The molecule has 0 saturated carbocycles.